The molecule has 1 rings (SSSR count). The average molecular weight is 225 g/mol. The fourth-order valence-corrected chi connectivity index (χ4v) is 1.26. The van der Waals surface area contributed by atoms with Crippen LogP contribution in [-0.4, -0.2) is 23.5 Å². The third kappa shape index (κ3) is 3.18. The zero-order chi connectivity index (χ0) is 12.1. The third-order valence-electron chi connectivity index (χ3n) is 1.86. The predicted octanol–water partition coefficient (Wildman–Crippen LogP) is 1.79. The van der Waals surface area contributed by atoms with Crippen molar-refractivity contribution in [2.75, 3.05) is 11.9 Å². The van der Waals surface area contributed by atoms with Crippen LogP contribution in [0.25, 0.3) is 0 Å². The maximum atomic E-state index is 13.0. The fourth-order valence-electron chi connectivity index (χ4n) is 1.26. The summed E-state index contributed by atoms with van der Waals surface area (Å²) in [4.78, 5) is 15.6. The highest BCUT2D eigenvalue weighted by molar-refractivity contribution is 5.98. The monoisotopic (exact) mass is 225 g/mol. The van der Waals surface area contributed by atoms with Crippen LogP contribution in [0.4, 0.5) is 10.2 Å². The number of hydrogen-bond acceptors (Lipinski definition) is 3. The lowest BCUT2D eigenvalue weighted by molar-refractivity contribution is 0.0943. The molecule has 2 N–H and O–H groups in total. The second kappa shape index (κ2) is 5.44. The average Bonchev–Trinajstić information content (AvgIpc) is 2.20. The van der Waals surface area contributed by atoms with Crippen LogP contribution in [-0.2, 0) is 0 Å². The number of aromatic nitrogens is 1. The highest BCUT2D eigenvalue weighted by Crippen LogP contribution is 2.13. The van der Waals surface area contributed by atoms with E-state index in [0.717, 1.165) is 6.20 Å². The smallest absolute Gasteiger partial charge is 0.255 e. The number of carbonyl (C=O) groups excluding carboxylic acids is 1. The van der Waals surface area contributed by atoms with Gasteiger partial charge in [-0.05, 0) is 26.8 Å². The Morgan fingerprint density at radius 1 is 1.56 bits per heavy atom. The van der Waals surface area contributed by atoms with Gasteiger partial charge >= 0.3 is 0 Å². The van der Waals surface area contributed by atoms with Crippen molar-refractivity contribution in [1.29, 1.82) is 0 Å². The Morgan fingerprint density at radius 2 is 2.25 bits per heavy atom. The van der Waals surface area contributed by atoms with E-state index in [4.69, 9.17) is 0 Å². The normalized spacial score (nSPS) is 10.3. The van der Waals surface area contributed by atoms with Crippen molar-refractivity contribution in [2.45, 2.75) is 26.8 Å². The van der Waals surface area contributed by atoms with Crippen LogP contribution < -0.4 is 10.6 Å². The first-order valence-electron chi connectivity index (χ1n) is 5.24. The van der Waals surface area contributed by atoms with Crippen molar-refractivity contribution < 1.29 is 9.18 Å². The number of nitrogens with zero attached hydrogens (tertiary/aromatic N) is 1. The van der Waals surface area contributed by atoms with Gasteiger partial charge in [0.15, 0.2) is 0 Å². The summed E-state index contributed by atoms with van der Waals surface area (Å²) in [5, 5.41) is 5.62. The summed E-state index contributed by atoms with van der Waals surface area (Å²) in [6.07, 6.45) is 1.09. The molecule has 0 spiro atoms. The van der Waals surface area contributed by atoms with E-state index in [0.29, 0.717) is 12.4 Å². The molecule has 0 aromatic carbocycles. The number of amides is 1. The molecule has 1 aromatic rings. The molecule has 0 bridgehead atoms. The van der Waals surface area contributed by atoms with Gasteiger partial charge in [0.25, 0.3) is 5.91 Å². The van der Waals surface area contributed by atoms with Gasteiger partial charge < -0.3 is 10.6 Å². The topological polar surface area (TPSA) is 54.0 Å². The van der Waals surface area contributed by atoms with Crippen molar-refractivity contribution in [3.63, 3.8) is 0 Å². The van der Waals surface area contributed by atoms with E-state index in [1.165, 1.54) is 6.07 Å². The molecule has 0 saturated heterocycles. The quantitative estimate of drug-likeness (QED) is 0.821. The van der Waals surface area contributed by atoms with Crippen LogP contribution >= 0.6 is 0 Å². The van der Waals surface area contributed by atoms with Gasteiger partial charge in [-0.2, -0.15) is 0 Å². The predicted molar refractivity (Wildman–Crippen MR) is 61.0 cm³/mol. The van der Waals surface area contributed by atoms with Gasteiger partial charge in [-0.3, -0.25) is 4.79 Å². The zero-order valence-electron chi connectivity index (χ0n) is 9.67. The number of carbonyl (C=O) groups is 1. The summed E-state index contributed by atoms with van der Waals surface area (Å²) in [6, 6.07) is 1.19. The molecule has 0 fully saturated rings. The molecular weight excluding hydrogens is 209 g/mol. The molecule has 5 heteroatoms. The third-order valence-corrected chi connectivity index (χ3v) is 1.86. The van der Waals surface area contributed by atoms with Gasteiger partial charge in [-0.15, -0.1) is 0 Å². The Hall–Kier alpha value is -1.65. The first kappa shape index (κ1) is 12.4. The Morgan fingerprint density at radius 3 is 2.81 bits per heavy atom. The van der Waals surface area contributed by atoms with E-state index in [2.05, 4.69) is 15.6 Å². The molecule has 88 valence electrons. The standard InChI is InChI=1S/C11H16FN3O/c1-4-13-10-9(5-8(12)6-14-10)11(16)15-7(2)3/h5-7H,4H2,1-3H3,(H,13,14)(H,15,16). The van der Waals surface area contributed by atoms with Crippen LogP contribution in [0.1, 0.15) is 31.1 Å². The molecule has 0 saturated carbocycles. The molecule has 0 aliphatic carbocycles. The zero-order valence-corrected chi connectivity index (χ0v) is 9.67. The lowest BCUT2D eigenvalue weighted by atomic mass is 10.2. The first-order valence-corrected chi connectivity index (χ1v) is 5.24. The van der Waals surface area contributed by atoms with E-state index in [1.54, 1.807) is 0 Å². The Balaban J connectivity index is 2.99. The van der Waals surface area contributed by atoms with Crippen LogP contribution in [0.3, 0.4) is 0 Å². The number of pyridine rings is 1. The number of anilines is 1. The lowest BCUT2D eigenvalue weighted by Gasteiger charge is -2.12. The van der Waals surface area contributed by atoms with Gasteiger partial charge in [0.2, 0.25) is 0 Å². The minimum absolute atomic E-state index is 0.00486. The fraction of sp³-hybridized carbons (Fsp3) is 0.455. The van der Waals surface area contributed by atoms with Crippen LogP contribution in [0, 0.1) is 5.82 Å². The van der Waals surface area contributed by atoms with Crippen molar-refractivity contribution in [1.82, 2.24) is 10.3 Å². The van der Waals surface area contributed by atoms with Crippen molar-refractivity contribution in [3.05, 3.63) is 23.6 Å². The summed E-state index contributed by atoms with van der Waals surface area (Å²) in [5.74, 6) is -0.435. The Bertz CT molecular complexity index is 379. The van der Waals surface area contributed by atoms with Gasteiger partial charge in [-0.25, -0.2) is 9.37 Å². The molecule has 0 aliphatic heterocycles. The molecule has 0 radical (unpaired) electrons. The van der Waals surface area contributed by atoms with E-state index in [1.807, 2.05) is 20.8 Å². The van der Waals surface area contributed by atoms with E-state index in [-0.39, 0.29) is 17.5 Å². The maximum Gasteiger partial charge on any atom is 0.255 e. The summed E-state index contributed by atoms with van der Waals surface area (Å²) < 4.78 is 13.0. The number of hydrogen-bond donors (Lipinski definition) is 2. The second-order valence-corrected chi connectivity index (χ2v) is 3.71. The Labute approximate surface area is 94.3 Å². The first-order chi connectivity index (χ1) is 7.54. The lowest BCUT2D eigenvalue weighted by Crippen LogP contribution is -2.31. The summed E-state index contributed by atoms with van der Waals surface area (Å²) in [5.41, 5.74) is 0.232. The molecule has 0 aliphatic rings. The number of rotatable bonds is 4. The maximum absolute atomic E-state index is 13.0. The molecule has 4 nitrogen and oxygen atoms in total. The highest BCUT2D eigenvalue weighted by Gasteiger charge is 2.14. The van der Waals surface area contributed by atoms with Crippen molar-refractivity contribution in [3.8, 4) is 0 Å². The number of halogens is 1. The minimum Gasteiger partial charge on any atom is -0.370 e. The Kier molecular flexibility index (Phi) is 4.22. The molecule has 16 heavy (non-hydrogen) atoms. The van der Waals surface area contributed by atoms with Gasteiger partial charge in [0.05, 0.1) is 11.8 Å². The van der Waals surface area contributed by atoms with Crippen LogP contribution in [0.15, 0.2) is 12.3 Å². The van der Waals surface area contributed by atoms with Crippen molar-refractivity contribution in [2.24, 2.45) is 0 Å². The van der Waals surface area contributed by atoms with E-state index < -0.39 is 5.82 Å². The van der Waals surface area contributed by atoms with E-state index in [9.17, 15) is 9.18 Å². The van der Waals surface area contributed by atoms with E-state index >= 15 is 0 Å². The highest BCUT2D eigenvalue weighted by atomic mass is 19.1. The van der Waals surface area contributed by atoms with Crippen LogP contribution in [0.5, 0.6) is 0 Å². The minimum atomic E-state index is -0.518. The SMILES string of the molecule is CCNc1ncc(F)cc1C(=O)NC(C)C. The largest absolute Gasteiger partial charge is 0.370 e. The molecular formula is C11H16FN3O. The molecule has 0 unspecified atom stereocenters. The van der Waals surface area contributed by atoms with Gasteiger partial charge in [0.1, 0.15) is 11.6 Å². The number of nitrogens with one attached hydrogen (secondary N) is 2. The summed E-state index contributed by atoms with van der Waals surface area (Å²) in [6.45, 7) is 6.20. The molecule has 1 amide bonds. The van der Waals surface area contributed by atoms with Gasteiger partial charge in [-0.1, -0.05) is 0 Å². The molecule has 0 atom stereocenters. The summed E-state index contributed by atoms with van der Waals surface area (Å²) >= 11 is 0. The molecule has 1 heterocycles. The second-order valence-electron chi connectivity index (χ2n) is 3.71. The van der Waals surface area contributed by atoms with Crippen molar-refractivity contribution >= 4 is 11.7 Å². The molecule has 1 aromatic heterocycles. The van der Waals surface area contributed by atoms with Crippen LogP contribution in [0.2, 0.25) is 0 Å². The summed E-state index contributed by atoms with van der Waals surface area (Å²) in [7, 11) is 0. The van der Waals surface area contributed by atoms with Gasteiger partial charge in [0, 0.05) is 12.6 Å².